The molecule has 11 rings (SSSR count). The third-order valence-electron chi connectivity index (χ3n) is 18.9. The number of fused-ring (bicyclic) bond motifs is 9. The van der Waals surface area contributed by atoms with Crippen molar-refractivity contribution in [3.8, 4) is 0 Å². The van der Waals surface area contributed by atoms with Gasteiger partial charge in [0.05, 0.1) is 5.00 Å². The molecule has 6 aromatic rings. The lowest BCUT2D eigenvalue weighted by atomic mass is 9.33. The number of rotatable bonds is 2. The van der Waals surface area contributed by atoms with Crippen molar-refractivity contribution in [3.63, 3.8) is 0 Å². The zero-order valence-corrected chi connectivity index (χ0v) is 46.9. The number of aryl methyl sites for hydroxylation is 1. The van der Waals surface area contributed by atoms with Crippen LogP contribution >= 0.6 is 11.3 Å². The van der Waals surface area contributed by atoms with Crippen molar-refractivity contribution in [2.75, 3.05) is 9.80 Å². The zero-order chi connectivity index (χ0) is 49.7. The lowest BCUT2D eigenvalue weighted by Gasteiger charge is -2.48. The van der Waals surface area contributed by atoms with Crippen LogP contribution in [0.25, 0.3) is 10.1 Å². The van der Waals surface area contributed by atoms with Gasteiger partial charge in [-0.2, -0.15) is 0 Å². The van der Waals surface area contributed by atoms with Crippen molar-refractivity contribution in [3.05, 3.63) is 123 Å². The second-order valence-electron chi connectivity index (χ2n) is 28.7. The molecule has 0 bridgehead atoms. The molecule has 360 valence electrons. The number of anilines is 6. The van der Waals surface area contributed by atoms with E-state index in [1.807, 2.05) is 0 Å². The second-order valence-corrected chi connectivity index (χ2v) is 29.8. The standard InChI is InChI=1S/C65H81BN2S/c1-38-30-39(58(2,3)4)20-23-50(38)68-51-36-47-46(63(14,15)27-28-64(47,16)17)35-49(51)66-55-42-34-45-48(65(18,19)29-26-62(45,12)13)37-54(42)69-57(55)67(52-31-40(59(5,6)7)32-53(68)56(52)66)41-21-22-43-44(33-41)61(10,11)25-24-60(43,8)9/h20-23,30-37H,24-29H2,1-19H3. The Bertz CT molecular complexity index is 3170. The van der Waals surface area contributed by atoms with Gasteiger partial charge in [0.1, 0.15) is 0 Å². The number of hydrogen-bond donors (Lipinski definition) is 0. The van der Waals surface area contributed by atoms with E-state index < -0.39 is 0 Å². The van der Waals surface area contributed by atoms with E-state index in [4.69, 9.17) is 0 Å². The summed E-state index contributed by atoms with van der Waals surface area (Å²) in [5.74, 6) is 0. The Labute approximate surface area is 421 Å². The Balaban J connectivity index is 1.32. The molecular weight excluding hydrogens is 852 g/mol. The first-order chi connectivity index (χ1) is 31.8. The molecule has 0 amide bonds. The summed E-state index contributed by atoms with van der Waals surface area (Å²) in [5.41, 5.74) is 24.8. The molecule has 3 heterocycles. The molecule has 0 fully saturated rings. The number of benzene rings is 5. The molecule has 2 nitrogen and oxygen atoms in total. The number of thiophene rings is 1. The Hall–Kier alpha value is -4.28. The lowest BCUT2D eigenvalue weighted by molar-refractivity contribution is 0.332. The fraction of sp³-hybridized carbons (Fsp3) is 0.508. The quantitative estimate of drug-likeness (QED) is 0.159. The molecule has 1 aromatic heterocycles. The predicted octanol–water partition coefficient (Wildman–Crippen LogP) is 16.9. The largest absolute Gasteiger partial charge is 0.311 e. The van der Waals surface area contributed by atoms with E-state index in [1.54, 1.807) is 11.1 Å². The third-order valence-corrected chi connectivity index (χ3v) is 20.0. The van der Waals surface area contributed by atoms with Gasteiger partial charge < -0.3 is 9.80 Å². The monoisotopic (exact) mass is 933 g/mol. The van der Waals surface area contributed by atoms with Gasteiger partial charge in [-0.1, -0.05) is 149 Å². The molecule has 5 aromatic carbocycles. The fourth-order valence-corrected chi connectivity index (χ4v) is 15.0. The first-order valence-electron chi connectivity index (χ1n) is 26.7. The zero-order valence-electron chi connectivity index (χ0n) is 46.1. The van der Waals surface area contributed by atoms with E-state index in [0.29, 0.717) is 0 Å². The van der Waals surface area contributed by atoms with E-state index in [0.717, 1.165) is 0 Å². The normalized spacial score (nSPS) is 20.9. The van der Waals surface area contributed by atoms with Gasteiger partial charge in [0.15, 0.2) is 0 Å². The van der Waals surface area contributed by atoms with Crippen molar-refractivity contribution in [2.45, 2.75) is 213 Å². The molecule has 0 radical (unpaired) electrons. The first kappa shape index (κ1) is 47.1. The van der Waals surface area contributed by atoms with Crippen LogP contribution < -0.4 is 26.2 Å². The van der Waals surface area contributed by atoms with Gasteiger partial charge in [0.2, 0.25) is 0 Å². The van der Waals surface area contributed by atoms with Gasteiger partial charge in [-0.15, -0.1) is 11.3 Å². The highest BCUT2D eigenvalue weighted by molar-refractivity contribution is 7.26. The number of nitrogens with zero attached hydrogens (tertiary/aromatic N) is 2. The van der Waals surface area contributed by atoms with Crippen molar-refractivity contribution in [1.82, 2.24) is 0 Å². The van der Waals surface area contributed by atoms with E-state index in [2.05, 4.69) is 225 Å². The van der Waals surface area contributed by atoms with Crippen molar-refractivity contribution >= 4 is 78.0 Å². The number of hydrogen-bond acceptors (Lipinski definition) is 3. The van der Waals surface area contributed by atoms with Gasteiger partial charge >= 0.3 is 0 Å². The summed E-state index contributed by atoms with van der Waals surface area (Å²) in [6.45, 7) is 46.7. The van der Waals surface area contributed by atoms with Crippen molar-refractivity contribution < 1.29 is 0 Å². The highest BCUT2D eigenvalue weighted by atomic mass is 32.1. The fourth-order valence-electron chi connectivity index (χ4n) is 13.7. The Morgan fingerprint density at radius 3 is 1.45 bits per heavy atom. The van der Waals surface area contributed by atoms with Crippen LogP contribution in [0.3, 0.4) is 0 Å². The van der Waals surface area contributed by atoms with Crippen LogP contribution in [-0.2, 0) is 43.3 Å². The van der Waals surface area contributed by atoms with E-state index in [1.165, 1.54) is 137 Å². The minimum absolute atomic E-state index is 0.0483. The molecule has 3 aliphatic carbocycles. The molecule has 69 heavy (non-hydrogen) atoms. The molecule has 2 aliphatic heterocycles. The van der Waals surface area contributed by atoms with E-state index in [9.17, 15) is 0 Å². The third kappa shape index (κ3) is 6.96. The van der Waals surface area contributed by atoms with Crippen LogP contribution in [0.4, 0.5) is 33.4 Å². The average molecular weight is 933 g/mol. The molecule has 0 N–H and O–H groups in total. The highest BCUT2D eigenvalue weighted by Crippen LogP contribution is 2.56. The van der Waals surface area contributed by atoms with Crippen LogP contribution in [0, 0.1) is 6.92 Å². The summed E-state index contributed by atoms with van der Waals surface area (Å²) in [6.07, 6.45) is 7.18. The van der Waals surface area contributed by atoms with Crippen LogP contribution in [0.15, 0.2) is 72.8 Å². The summed E-state index contributed by atoms with van der Waals surface area (Å²) < 4.78 is 1.43. The first-order valence-corrected chi connectivity index (χ1v) is 27.5. The van der Waals surface area contributed by atoms with Gasteiger partial charge in [-0.25, -0.2) is 0 Å². The molecular formula is C65H81BN2S. The molecule has 0 saturated heterocycles. The van der Waals surface area contributed by atoms with Gasteiger partial charge in [-0.3, -0.25) is 0 Å². The lowest BCUT2D eigenvalue weighted by Crippen LogP contribution is -2.61. The molecule has 0 saturated carbocycles. The summed E-state index contributed by atoms with van der Waals surface area (Å²) in [4.78, 5) is 5.51. The average Bonchev–Trinajstić information content (AvgIpc) is 3.62. The van der Waals surface area contributed by atoms with Crippen LogP contribution in [0.2, 0.25) is 0 Å². The molecule has 0 atom stereocenters. The smallest absolute Gasteiger partial charge is 0.254 e. The maximum Gasteiger partial charge on any atom is 0.254 e. The highest BCUT2D eigenvalue weighted by Gasteiger charge is 2.50. The van der Waals surface area contributed by atoms with E-state index >= 15 is 0 Å². The maximum absolute atomic E-state index is 2.77. The molecule has 0 unspecified atom stereocenters. The Morgan fingerprint density at radius 1 is 0.435 bits per heavy atom. The van der Waals surface area contributed by atoms with Crippen LogP contribution in [0.1, 0.15) is 213 Å². The minimum Gasteiger partial charge on any atom is -0.311 e. The summed E-state index contributed by atoms with van der Waals surface area (Å²) in [5, 5.41) is 2.85. The van der Waals surface area contributed by atoms with E-state index in [-0.39, 0.29) is 50.0 Å². The van der Waals surface area contributed by atoms with Crippen molar-refractivity contribution in [1.29, 1.82) is 0 Å². The van der Waals surface area contributed by atoms with Gasteiger partial charge in [0.25, 0.3) is 6.71 Å². The molecule has 4 heteroatoms. The van der Waals surface area contributed by atoms with Crippen LogP contribution in [0.5, 0.6) is 0 Å². The van der Waals surface area contributed by atoms with Gasteiger partial charge in [-0.05, 0) is 209 Å². The van der Waals surface area contributed by atoms with Gasteiger partial charge in [0, 0.05) is 33.1 Å². The van der Waals surface area contributed by atoms with Crippen LogP contribution in [-0.4, -0.2) is 6.71 Å². The Kier molecular flexibility index (Phi) is 9.86. The topological polar surface area (TPSA) is 6.48 Å². The summed E-state index contributed by atoms with van der Waals surface area (Å²) in [6, 6.07) is 31.0. The SMILES string of the molecule is Cc1cc(C(C)(C)C)ccc1N1c2cc3c(cc2B2c4c1cc(C(C)(C)C)cc4N(c1ccc4c(c1)C(C)(C)CCC4(C)C)c1sc4cc5c(cc4c12)C(C)(C)CCC5(C)C)C(C)(C)CCC3(C)C. The van der Waals surface area contributed by atoms with Crippen molar-refractivity contribution in [2.24, 2.45) is 0 Å². The summed E-state index contributed by atoms with van der Waals surface area (Å²) >= 11 is 2.06. The molecule has 0 spiro atoms. The Morgan fingerprint density at radius 2 is 0.913 bits per heavy atom. The predicted molar refractivity (Wildman–Crippen MR) is 304 cm³/mol. The minimum atomic E-state index is -0.0931. The maximum atomic E-state index is 2.77. The molecule has 5 aliphatic rings. The second kappa shape index (κ2) is 14.4. The summed E-state index contributed by atoms with van der Waals surface area (Å²) in [7, 11) is 0.